The molecule has 6 saturated heterocycles. The number of aromatic carboxylic acids is 1. The standard InChI is InChI=1S/C24H29F3N6O.C17H15F4N5O3.C17H17F4N5O.C10H14F2N4.C7H3F2NO4.C7H13N/c1-15-12-20(31-22(29-15)33-10-6-24(26,27)7-11-33)30-21(34)16-13-17(25)18(28)14-19(16)32-8-4-23(2-3-23)5-9-32;1-9-6-14(24-16(22-9)25-4-2-17(20,21)3-5-25)23-15(27)10-7-12(19)13(26(28)29)8-11(10)18;1-9-6-14(24-15(27)10-7-12(19)13(22)8-11(10)18)25-16(23-9)26-4-2-17(20,21)3-5-26;1-7-6-8(13)15-9(14-7)16-4-2-10(11,12)3-5-16;8-4-2-6(10(13)14)5(9)1-3(4)7(11)12;1-2-7(1)3-5-8-6-4-7/h12-14H,2-11,28H2,1H3,(H,29,30,31,34);6-8H,2-5H2,1H3,(H,22,23,24,27);6-8H,2-5,22H2,1H3,(H,23,24,25,27);6H,2-5H2,1H3,(H2,13,14,15);1-2H,(H,11,12);8H,1-6H2. The topological polar surface area (TPSA) is 420 Å². The van der Waals surface area contributed by atoms with Crippen LogP contribution in [0.2, 0.25) is 0 Å². The van der Waals surface area contributed by atoms with Crippen LogP contribution in [0, 0.1) is 99.5 Å². The maximum atomic E-state index is 14.4. The van der Waals surface area contributed by atoms with Gasteiger partial charge in [0.15, 0.2) is 0 Å². The number of alkyl halides is 8. The van der Waals surface area contributed by atoms with Crippen molar-refractivity contribution < 1.29 is 100.0 Å². The van der Waals surface area contributed by atoms with E-state index in [2.05, 4.69) is 66.0 Å². The number of nitro groups is 2. The van der Waals surface area contributed by atoms with Crippen LogP contribution in [0.15, 0.2) is 72.8 Å². The van der Waals surface area contributed by atoms with Crippen LogP contribution in [0.25, 0.3) is 0 Å². The van der Waals surface area contributed by atoms with Crippen molar-refractivity contribution in [1.82, 2.24) is 45.2 Å². The Labute approximate surface area is 721 Å². The molecule has 3 amide bonds. The Bertz CT molecular complexity index is 5370. The third-order valence-electron chi connectivity index (χ3n) is 22.6. The third-order valence-corrected chi connectivity index (χ3v) is 22.6. The van der Waals surface area contributed by atoms with Gasteiger partial charge >= 0.3 is 17.3 Å². The zero-order valence-electron chi connectivity index (χ0n) is 69.6. The van der Waals surface area contributed by atoms with E-state index >= 15 is 0 Å². The minimum absolute atomic E-state index is 0.000302. The first-order valence-electron chi connectivity index (χ1n) is 40.6. The number of nitrogens with two attached hydrogens (primary N) is 3. The van der Waals surface area contributed by atoms with E-state index in [-0.39, 0.29) is 156 Å². The first-order chi connectivity index (χ1) is 60.1. The zero-order valence-corrected chi connectivity index (χ0v) is 69.6. The molecule has 4 aromatic carbocycles. The van der Waals surface area contributed by atoms with Gasteiger partial charge in [-0.3, -0.25) is 34.6 Å². The first kappa shape index (κ1) is 95.8. The van der Waals surface area contributed by atoms with Gasteiger partial charge in [0.25, 0.3) is 41.4 Å². The van der Waals surface area contributed by atoms with Gasteiger partial charge in [0, 0.05) is 170 Å². The van der Waals surface area contributed by atoms with Crippen molar-refractivity contribution >= 4 is 99.2 Å². The summed E-state index contributed by atoms with van der Waals surface area (Å²) in [6, 6.07) is 11.4. The predicted octanol–water partition coefficient (Wildman–Crippen LogP) is 15.3. The monoisotopic (exact) mass is 1810 g/mol. The predicted molar refractivity (Wildman–Crippen MR) is 442 cm³/mol. The maximum absolute atomic E-state index is 14.4. The normalized spacial score (nSPS) is 18.2. The van der Waals surface area contributed by atoms with Crippen LogP contribution in [-0.2, 0) is 0 Å². The highest BCUT2D eigenvalue weighted by molar-refractivity contribution is 6.08. The van der Waals surface area contributed by atoms with Gasteiger partial charge in [-0.05, 0) is 133 Å². The fourth-order valence-corrected chi connectivity index (χ4v) is 14.7. The zero-order chi connectivity index (χ0) is 93.3. The van der Waals surface area contributed by atoms with Gasteiger partial charge in [-0.1, -0.05) is 0 Å². The minimum Gasteiger partial charge on any atom is -0.478 e. The second-order valence-corrected chi connectivity index (χ2v) is 32.4. The number of carboxylic acids is 1. The number of hydrogen-bond acceptors (Lipinski definition) is 25. The molecule has 0 radical (unpaired) electrons. The van der Waals surface area contributed by atoms with Gasteiger partial charge in [0.05, 0.1) is 61.3 Å². The molecule has 128 heavy (non-hydrogen) atoms. The molecule has 31 nitrogen and oxygen atoms in total. The second kappa shape index (κ2) is 39.6. The number of carbonyl (C=O) groups excluding carboxylic acids is 3. The molecule has 0 unspecified atom stereocenters. The summed E-state index contributed by atoms with van der Waals surface area (Å²) >= 11 is 0. The lowest BCUT2D eigenvalue weighted by Crippen LogP contribution is -2.40. The number of aryl methyl sites for hydroxylation is 4. The number of hydrogen-bond donors (Lipinski definition) is 8. The van der Waals surface area contributed by atoms with Crippen molar-refractivity contribution in [2.45, 2.75) is 154 Å². The molecule has 2 aliphatic carbocycles. The lowest BCUT2D eigenvalue weighted by molar-refractivity contribution is -0.387. The molecule has 0 bridgehead atoms. The molecule has 16 rings (SSSR count). The summed E-state index contributed by atoms with van der Waals surface area (Å²) < 4.78 is 201. The van der Waals surface area contributed by atoms with Crippen LogP contribution in [0.1, 0.15) is 167 Å². The molecule has 46 heteroatoms. The van der Waals surface area contributed by atoms with E-state index < -0.39 is 132 Å². The van der Waals surface area contributed by atoms with Crippen molar-refractivity contribution in [3.05, 3.63) is 179 Å². The Balaban J connectivity index is 0.000000156. The van der Waals surface area contributed by atoms with Crippen molar-refractivity contribution in [2.24, 2.45) is 10.8 Å². The molecule has 2 saturated carbocycles. The van der Waals surface area contributed by atoms with Gasteiger partial charge in [0.1, 0.15) is 52.4 Å². The molecule has 0 atom stereocenters. The molecule has 6 aliphatic heterocycles. The van der Waals surface area contributed by atoms with Crippen LogP contribution in [0.5, 0.6) is 0 Å². The molecule has 11 N–H and O–H groups in total. The van der Waals surface area contributed by atoms with Crippen LogP contribution in [0.4, 0.5) is 141 Å². The summed E-state index contributed by atoms with van der Waals surface area (Å²) in [4.78, 5) is 109. The minimum atomic E-state index is -2.76. The van der Waals surface area contributed by atoms with Crippen LogP contribution in [-0.4, -0.2) is 181 Å². The smallest absolute Gasteiger partial charge is 0.338 e. The number of nitro benzene ring substituents is 2. The fourth-order valence-electron chi connectivity index (χ4n) is 14.7. The molecule has 688 valence electrons. The van der Waals surface area contributed by atoms with Gasteiger partial charge in [0.2, 0.25) is 35.4 Å². The fraction of sp³-hybridized carbons (Fsp3) is 0.463. The number of nitrogen functional groups attached to an aromatic ring is 3. The number of halogens is 15. The number of aromatic nitrogens is 8. The summed E-state index contributed by atoms with van der Waals surface area (Å²) in [5.74, 6) is -21.1. The van der Waals surface area contributed by atoms with Crippen LogP contribution >= 0.6 is 0 Å². The molecular formula is C82H91F15N22O9. The number of nitrogens with zero attached hydrogens (tertiary/aromatic N) is 15. The van der Waals surface area contributed by atoms with Gasteiger partial charge in [-0.2, -0.15) is 28.7 Å². The lowest BCUT2D eigenvalue weighted by atomic mass is 9.93. The average Bonchev–Trinajstić information content (AvgIpc) is 1.71. The average molecular weight is 1810 g/mol. The highest BCUT2D eigenvalue weighted by Crippen LogP contribution is 2.55. The summed E-state index contributed by atoms with van der Waals surface area (Å²) in [6.45, 7) is 11.9. The van der Waals surface area contributed by atoms with E-state index in [0.29, 0.717) is 64.1 Å². The van der Waals surface area contributed by atoms with Gasteiger partial charge < -0.3 is 68.1 Å². The Morgan fingerprint density at radius 3 is 0.984 bits per heavy atom. The second-order valence-electron chi connectivity index (χ2n) is 32.4. The van der Waals surface area contributed by atoms with E-state index in [1.54, 1.807) is 54.5 Å². The van der Waals surface area contributed by atoms with Crippen molar-refractivity contribution in [3.63, 3.8) is 0 Å². The number of carboxylic acid groups (broad SMARTS) is 1. The van der Waals surface area contributed by atoms with Crippen molar-refractivity contribution in [3.8, 4) is 0 Å². The largest absolute Gasteiger partial charge is 0.478 e. The Morgan fingerprint density at radius 1 is 0.359 bits per heavy atom. The van der Waals surface area contributed by atoms with Crippen LogP contribution < -0.4 is 63.0 Å². The number of amides is 3. The molecule has 4 aromatic heterocycles. The van der Waals surface area contributed by atoms with Crippen LogP contribution in [0.3, 0.4) is 0 Å². The number of carbonyl (C=O) groups is 4. The van der Waals surface area contributed by atoms with E-state index in [1.807, 2.05) is 0 Å². The molecule has 2 spiro atoms. The third kappa shape index (κ3) is 25.8. The first-order valence-corrected chi connectivity index (χ1v) is 40.6. The number of anilines is 11. The quantitative estimate of drug-likeness (QED) is 0.0217. The molecule has 10 heterocycles. The van der Waals surface area contributed by atoms with E-state index in [0.717, 1.165) is 43.1 Å². The van der Waals surface area contributed by atoms with Gasteiger partial charge in [-0.15, -0.1) is 0 Å². The maximum Gasteiger partial charge on any atom is 0.338 e. The molecule has 8 fully saturated rings. The van der Waals surface area contributed by atoms with E-state index in [1.165, 1.54) is 80.8 Å². The number of rotatable bonds is 14. The molecule has 8 aromatic rings. The highest BCUT2D eigenvalue weighted by Gasteiger charge is 2.46. The Morgan fingerprint density at radius 2 is 0.648 bits per heavy atom. The highest BCUT2D eigenvalue weighted by atomic mass is 19.3. The van der Waals surface area contributed by atoms with Crippen molar-refractivity contribution in [2.75, 3.05) is 136 Å². The molecule has 8 aliphatic rings. The van der Waals surface area contributed by atoms with E-state index in [4.69, 9.17) is 22.3 Å². The Kier molecular flexibility index (Phi) is 29.7. The molecular weight excluding hydrogens is 1720 g/mol. The SMILES string of the molecule is C1CC2(CCN1)CC2.Cc1cc(N)nc(N2CCC(F)(F)CC2)n1.Cc1cc(NC(=O)c2cc(F)c(N)cc2F)nc(N2CCC(F)(F)CC2)n1.Cc1cc(NC(=O)c2cc(F)c(N)cc2N2CCC3(CC2)CC3)nc(N2CCC(F)(F)CC2)n1.Cc1cc(NC(=O)c2cc(F)c([N+](=O)[O-])cc2F)nc(N2CCC(F)(F)CC2)n1.O=C(O)c1cc(F)c([N+](=O)[O-])cc1F. The number of benzene rings is 4. The summed E-state index contributed by atoms with van der Waals surface area (Å²) in [5.41, 5.74) is 16.2. The van der Waals surface area contributed by atoms with Gasteiger partial charge in [-0.25, -0.2) is 81.8 Å². The Hall–Kier alpha value is -12.8. The summed E-state index contributed by atoms with van der Waals surface area (Å²) in [6.07, 6.45) is 8.37. The number of nitrogens with one attached hydrogen (secondary N) is 4. The lowest BCUT2D eigenvalue weighted by Gasteiger charge is -2.35. The number of piperidine rings is 6. The summed E-state index contributed by atoms with van der Waals surface area (Å²) in [7, 11) is 0. The van der Waals surface area contributed by atoms with E-state index in [9.17, 15) is 105 Å². The van der Waals surface area contributed by atoms with Crippen molar-refractivity contribution in [1.29, 1.82) is 0 Å². The summed E-state index contributed by atoms with van der Waals surface area (Å²) in [5, 5.41) is 39.9.